The molecule has 0 radical (unpaired) electrons. The third-order valence-electron chi connectivity index (χ3n) is 3.22. The van der Waals surface area contributed by atoms with Crippen molar-refractivity contribution < 1.29 is 13.2 Å². The van der Waals surface area contributed by atoms with E-state index in [0.29, 0.717) is 6.42 Å². The molecule has 0 aliphatic heterocycles. The van der Waals surface area contributed by atoms with E-state index in [9.17, 15) is 13.2 Å². The average Bonchev–Trinajstić information content (AvgIpc) is 2.15. The Labute approximate surface area is 105 Å². The van der Waals surface area contributed by atoms with Gasteiger partial charge >= 0.3 is 6.18 Å². The predicted molar refractivity (Wildman–Crippen MR) is 63.2 cm³/mol. The Morgan fingerprint density at radius 1 is 1.12 bits per heavy atom. The van der Waals surface area contributed by atoms with E-state index in [4.69, 9.17) is 0 Å². The molecule has 0 bridgehead atoms. The summed E-state index contributed by atoms with van der Waals surface area (Å²) in [6.07, 6.45) is -3.09. The zero-order valence-electron chi connectivity index (χ0n) is 9.26. The molecule has 1 nitrogen and oxygen atoms in total. The maximum absolute atomic E-state index is 12.8. The predicted octanol–water partition coefficient (Wildman–Crippen LogP) is 3.68. The van der Waals surface area contributed by atoms with Crippen LogP contribution in [0.5, 0.6) is 0 Å². The normalized spacial score (nSPS) is 18.1. The van der Waals surface area contributed by atoms with Gasteiger partial charge in [-0.1, -0.05) is 30.3 Å². The molecule has 0 saturated heterocycles. The van der Waals surface area contributed by atoms with E-state index in [1.54, 1.807) is 0 Å². The summed E-state index contributed by atoms with van der Waals surface area (Å²) < 4.78 is 38.4. The summed E-state index contributed by atoms with van der Waals surface area (Å²) in [5.74, 6) is 0. The van der Waals surface area contributed by atoms with Gasteiger partial charge in [-0.05, 0) is 24.8 Å². The Balaban J connectivity index is 0.00000144. The summed E-state index contributed by atoms with van der Waals surface area (Å²) in [6.45, 7) is 0.278. The van der Waals surface area contributed by atoms with Crippen LogP contribution in [0.1, 0.15) is 24.8 Å². The first kappa shape index (κ1) is 14.3. The second kappa shape index (κ2) is 5.27. The van der Waals surface area contributed by atoms with Crippen molar-refractivity contribution in [3.8, 4) is 0 Å². The molecule has 96 valence electrons. The van der Waals surface area contributed by atoms with Gasteiger partial charge in [-0.3, -0.25) is 5.32 Å². The maximum atomic E-state index is 12.8. The minimum absolute atomic E-state index is 0. The number of halogens is 4. The molecule has 1 aromatic rings. The second-order valence-corrected chi connectivity index (χ2v) is 4.27. The lowest BCUT2D eigenvalue weighted by Gasteiger charge is -2.44. The van der Waals surface area contributed by atoms with Crippen LogP contribution in [0.15, 0.2) is 30.3 Å². The Morgan fingerprint density at radius 3 is 2.12 bits per heavy atom. The summed E-state index contributed by atoms with van der Waals surface area (Å²) >= 11 is 0. The number of benzene rings is 1. The molecular formula is C12H15ClF3N. The van der Waals surface area contributed by atoms with Gasteiger partial charge in [-0.2, -0.15) is 13.2 Å². The van der Waals surface area contributed by atoms with E-state index < -0.39 is 11.7 Å². The molecule has 1 aliphatic rings. The topological polar surface area (TPSA) is 12.0 Å². The fraction of sp³-hybridized carbons (Fsp3) is 0.500. The molecule has 2 rings (SSSR count). The highest BCUT2D eigenvalue weighted by atomic mass is 35.5. The van der Waals surface area contributed by atoms with Gasteiger partial charge in [0.15, 0.2) is 0 Å². The molecular weight excluding hydrogens is 251 g/mol. The summed E-state index contributed by atoms with van der Waals surface area (Å²) in [6, 6.07) is 9.17. The van der Waals surface area contributed by atoms with Crippen molar-refractivity contribution >= 4 is 12.4 Å². The third-order valence-corrected chi connectivity index (χ3v) is 3.22. The van der Waals surface area contributed by atoms with Crippen molar-refractivity contribution in [2.24, 2.45) is 0 Å². The van der Waals surface area contributed by atoms with Crippen molar-refractivity contribution in [2.45, 2.75) is 37.5 Å². The molecule has 0 spiro atoms. The fourth-order valence-electron chi connectivity index (χ4n) is 1.96. The lowest BCUT2D eigenvalue weighted by molar-refractivity contribution is -0.219. The van der Waals surface area contributed by atoms with Crippen molar-refractivity contribution in [1.29, 1.82) is 0 Å². The van der Waals surface area contributed by atoms with E-state index in [-0.39, 0.29) is 31.8 Å². The molecule has 1 N–H and O–H groups in total. The van der Waals surface area contributed by atoms with Crippen molar-refractivity contribution in [1.82, 2.24) is 5.32 Å². The molecule has 1 aromatic carbocycles. The van der Waals surface area contributed by atoms with Gasteiger partial charge in [0.1, 0.15) is 5.54 Å². The van der Waals surface area contributed by atoms with Crippen molar-refractivity contribution in [3.63, 3.8) is 0 Å². The summed E-state index contributed by atoms with van der Waals surface area (Å²) in [4.78, 5) is 0. The van der Waals surface area contributed by atoms with Gasteiger partial charge in [0.05, 0.1) is 0 Å². The van der Waals surface area contributed by atoms with Crippen LogP contribution in [0.3, 0.4) is 0 Å². The van der Waals surface area contributed by atoms with Gasteiger partial charge in [-0.15, -0.1) is 12.4 Å². The molecule has 0 aromatic heterocycles. The zero-order chi connectivity index (χ0) is 11.6. The standard InChI is InChI=1S/C12H14F3N.ClH/c13-12(14,15)11(7-4-8-11)16-9-10-5-2-1-3-6-10;/h1-3,5-6,16H,4,7-9H2;1H. The lowest BCUT2D eigenvalue weighted by atomic mass is 9.76. The van der Waals surface area contributed by atoms with Gasteiger partial charge in [0.2, 0.25) is 0 Å². The van der Waals surface area contributed by atoms with Crippen LogP contribution in [0.25, 0.3) is 0 Å². The van der Waals surface area contributed by atoms with Crippen LogP contribution >= 0.6 is 12.4 Å². The monoisotopic (exact) mass is 265 g/mol. The first-order valence-corrected chi connectivity index (χ1v) is 5.39. The first-order chi connectivity index (χ1) is 7.54. The molecule has 1 fully saturated rings. The molecule has 17 heavy (non-hydrogen) atoms. The number of nitrogens with one attached hydrogen (secondary N) is 1. The van der Waals surface area contributed by atoms with E-state index in [1.165, 1.54) is 0 Å². The number of rotatable bonds is 3. The van der Waals surface area contributed by atoms with Crippen LogP contribution in [0.4, 0.5) is 13.2 Å². The van der Waals surface area contributed by atoms with Crippen molar-refractivity contribution in [3.05, 3.63) is 35.9 Å². The molecule has 1 aliphatic carbocycles. The molecule has 1 saturated carbocycles. The Morgan fingerprint density at radius 2 is 1.71 bits per heavy atom. The average molecular weight is 266 g/mol. The van der Waals surface area contributed by atoms with Gasteiger partial charge < -0.3 is 0 Å². The zero-order valence-corrected chi connectivity index (χ0v) is 10.1. The van der Waals surface area contributed by atoms with Crippen LogP contribution in [0.2, 0.25) is 0 Å². The molecule has 0 atom stereocenters. The van der Waals surface area contributed by atoms with Crippen LogP contribution in [0, 0.1) is 0 Å². The smallest absolute Gasteiger partial charge is 0.299 e. The summed E-state index contributed by atoms with van der Waals surface area (Å²) in [5, 5.41) is 2.66. The minimum atomic E-state index is -4.14. The van der Waals surface area contributed by atoms with Crippen molar-refractivity contribution in [2.75, 3.05) is 0 Å². The Bertz CT molecular complexity index is 347. The number of hydrogen-bond acceptors (Lipinski definition) is 1. The highest BCUT2D eigenvalue weighted by molar-refractivity contribution is 5.85. The van der Waals surface area contributed by atoms with Crippen LogP contribution in [-0.4, -0.2) is 11.7 Å². The molecule has 0 amide bonds. The maximum Gasteiger partial charge on any atom is 0.406 e. The summed E-state index contributed by atoms with van der Waals surface area (Å²) in [5.41, 5.74) is -0.749. The molecule has 5 heteroatoms. The van der Waals surface area contributed by atoms with E-state index in [1.807, 2.05) is 30.3 Å². The van der Waals surface area contributed by atoms with Gasteiger partial charge in [-0.25, -0.2) is 0 Å². The second-order valence-electron chi connectivity index (χ2n) is 4.27. The SMILES string of the molecule is Cl.FC(F)(F)C1(NCc2ccccc2)CCC1. The van der Waals surface area contributed by atoms with Crippen LogP contribution < -0.4 is 5.32 Å². The van der Waals surface area contributed by atoms with E-state index in [2.05, 4.69) is 5.32 Å². The highest BCUT2D eigenvalue weighted by Crippen LogP contribution is 2.45. The Kier molecular flexibility index (Phi) is 4.44. The Hall–Kier alpha value is -0.740. The first-order valence-electron chi connectivity index (χ1n) is 5.39. The highest BCUT2D eigenvalue weighted by Gasteiger charge is 2.57. The third kappa shape index (κ3) is 2.93. The van der Waals surface area contributed by atoms with E-state index >= 15 is 0 Å². The number of hydrogen-bond donors (Lipinski definition) is 1. The van der Waals surface area contributed by atoms with E-state index in [0.717, 1.165) is 5.56 Å². The lowest BCUT2D eigenvalue weighted by Crippen LogP contribution is -2.61. The largest absolute Gasteiger partial charge is 0.406 e. The number of alkyl halides is 3. The summed E-state index contributed by atoms with van der Waals surface area (Å²) in [7, 11) is 0. The fourth-order valence-corrected chi connectivity index (χ4v) is 1.96. The molecule has 0 heterocycles. The van der Waals surface area contributed by atoms with Gasteiger partial charge in [0.25, 0.3) is 0 Å². The van der Waals surface area contributed by atoms with Gasteiger partial charge in [0, 0.05) is 6.54 Å². The quantitative estimate of drug-likeness (QED) is 0.879. The molecule has 0 unspecified atom stereocenters. The van der Waals surface area contributed by atoms with Crippen LogP contribution in [-0.2, 0) is 6.54 Å². The minimum Gasteiger partial charge on any atom is -0.299 e.